The second-order valence-electron chi connectivity index (χ2n) is 5.71. The van der Waals surface area contributed by atoms with Gasteiger partial charge in [-0.25, -0.2) is 9.97 Å². The lowest BCUT2D eigenvalue weighted by atomic mass is 10.1. The average Bonchev–Trinajstić information content (AvgIpc) is 2.68. The van der Waals surface area contributed by atoms with E-state index in [4.69, 9.17) is 14.5 Å². The number of pyridine rings is 2. The summed E-state index contributed by atoms with van der Waals surface area (Å²) in [6.07, 6.45) is 0. The van der Waals surface area contributed by atoms with Crippen LogP contribution in [0.3, 0.4) is 0 Å². The molecule has 0 saturated carbocycles. The number of hydrogen-bond acceptors (Lipinski definition) is 5. The molecular formula is C19H19N3O2. The molecule has 2 aromatic heterocycles. The Morgan fingerprint density at radius 2 is 1.83 bits per heavy atom. The first kappa shape index (κ1) is 14.9. The highest BCUT2D eigenvalue weighted by molar-refractivity contribution is 5.95. The fourth-order valence-electron chi connectivity index (χ4n) is 2.99. The second kappa shape index (κ2) is 6.45. The zero-order valence-corrected chi connectivity index (χ0v) is 13.6. The first-order valence-corrected chi connectivity index (χ1v) is 8.09. The molecule has 0 radical (unpaired) electrons. The fourth-order valence-corrected chi connectivity index (χ4v) is 2.99. The van der Waals surface area contributed by atoms with Gasteiger partial charge in [0.2, 0.25) is 5.88 Å². The molecule has 5 heteroatoms. The smallest absolute Gasteiger partial charge is 0.213 e. The van der Waals surface area contributed by atoms with E-state index in [0.717, 1.165) is 54.3 Å². The van der Waals surface area contributed by atoms with Crippen LogP contribution in [0.25, 0.3) is 22.2 Å². The van der Waals surface area contributed by atoms with Gasteiger partial charge in [0.05, 0.1) is 31.7 Å². The molecule has 4 rings (SSSR count). The second-order valence-corrected chi connectivity index (χ2v) is 5.71. The molecule has 0 amide bonds. The van der Waals surface area contributed by atoms with Crippen molar-refractivity contribution in [1.29, 1.82) is 0 Å². The Morgan fingerprint density at radius 1 is 1.00 bits per heavy atom. The molecule has 3 heterocycles. The summed E-state index contributed by atoms with van der Waals surface area (Å²) in [5.74, 6) is 1.56. The summed E-state index contributed by atoms with van der Waals surface area (Å²) in [5.41, 5.74) is 1.70. The predicted octanol–water partition coefficient (Wildman–Crippen LogP) is 3.14. The predicted molar refractivity (Wildman–Crippen MR) is 94.6 cm³/mol. The largest absolute Gasteiger partial charge is 0.481 e. The molecule has 24 heavy (non-hydrogen) atoms. The third-order valence-electron chi connectivity index (χ3n) is 4.24. The normalized spacial score (nSPS) is 14.8. The molecule has 122 valence electrons. The van der Waals surface area contributed by atoms with E-state index in [1.54, 1.807) is 7.11 Å². The molecule has 0 unspecified atom stereocenters. The molecule has 0 bridgehead atoms. The Kier molecular flexibility index (Phi) is 4.01. The third kappa shape index (κ3) is 2.78. The SMILES string of the molecule is COc1cccc(-c2nc(N3CCOCC3)cc3ccccc23)n1. The maximum Gasteiger partial charge on any atom is 0.213 e. The van der Waals surface area contributed by atoms with Gasteiger partial charge in [-0.1, -0.05) is 30.3 Å². The van der Waals surface area contributed by atoms with Crippen molar-refractivity contribution in [1.82, 2.24) is 9.97 Å². The summed E-state index contributed by atoms with van der Waals surface area (Å²) in [5, 5.41) is 2.25. The van der Waals surface area contributed by atoms with Crippen molar-refractivity contribution < 1.29 is 9.47 Å². The minimum atomic E-state index is 0.593. The highest BCUT2D eigenvalue weighted by Crippen LogP contribution is 2.30. The van der Waals surface area contributed by atoms with Crippen LogP contribution in [-0.2, 0) is 4.74 Å². The summed E-state index contributed by atoms with van der Waals surface area (Å²) in [6, 6.07) is 16.2. The van der Waals surface area contributed by atoms with Crippen LogP contribution in [0.4, 0.5) is 5.82 Å². The molecule has 1 aromatic carbocycles. The maximum atomic E-state index is 5.46. The van der Waals surface area contributed by atoms with E-state index in [-0.39, 0.29) is 0 Å². The van der Waals surface area contributed by atoms with Gasteiger partial charge in [-0.15, -0.1) is 0 Å². The fraction of sp³-hybridized carbons (Fsp3) is 0.263. The van der Waals surface area contributed by atoms with Crippen molar-refractivity contribution in [2.45, 2.75) is 0 Å². The van der Waals surface area contributed by atoms with Crippen molar-refractivity contribution in [2.75, 3.05) is 38.3 Å². The molecule has 1 aliphatic rings. The molecular weight excluding hydrogens is 302 g/mol. The number of morpholine rings is 1. The molecule has 0 spiro atoms. The number of methoxy groups -OCH3 is 1. The topological polar surface area (TPSA) is 47.5 Å². The van der Waals surface area contributed by atoms with Crippen LogP contribution in [-0.4, -0.2) is 43.4 Å². The number of anilines is 1. The summed E-state index contributed by atoms with van der Waals surface area (Å²) in [4.78, 5) is 11.8. The number of fused-ring (bicyclic) bond motifs is 1. The number of aromatic nitrogens is 2. The Labute approximate surface area is 140 Å². The van der Waals surface area contributed by atoms with Crippen molar-refractivity contribution in [3.8, 4) is 17.3 Å². The monoisotopic (exact) mass is 321 g/mol. The van der Waals surface area contributed by atoms with Crippen molar-refractivity contribution in [3.63, 3.8) is 0 Å². The van der Waals surface area contributed by atoms with Gasteiger partial charge in [-0.2, -0.15) is 0 Å². The van der Waals surface area contributed by atoms with Gasteiger partial charge in [0.1, 0.15) is 5.82 Å². The van der Waals surface area contributed by atoms with E-state index in [1.807, 2.05) is 30.3 Å². The first-order chi connectivity index (χ1) is 11.8. The molecule has 1 saturated heterocycles. The van der Waals surface area contributed by atoms with E-state index in [2.05, 4.69) is 28.1 Å². The van der Waals surface area contributed by atoms with E-state index in [9.17, 15) is 0 Å². The number of benzene rings is 1. The van der Waals surface area contributed by atoms with E-state index in [0.29, 0.717) is 5.88 Å². The zero-order chi connectivity index (χ0) is 16.4. The Balaban J connectivity index is 1.88. The average molecular weight is 321 g/mol. The summed E-state index contributed by atoms with van der Waals surface area (Å²) in [6.45, 7) is 3.19. The summed E-state index contributed by atoms with van der Waals surface area (Å²) < 4.78 is 10.7. The first-order valence-electron chi connectivity index (χ1n) is 8.09. The lowest BCUT2D eigenvalue weighted by Gasteiger charge is -2.28. The van der Waals surface area contributed by atoms with Crippen molar-refractivity contribution >= 4 is 16.6 Å². The molecule has 0 atom stereocenters. The molecule has 0 aliphatic carbocycles. The lowest BCUT2D eigenvalue weighted by molar-refractivity contribution is 0.122. The van der Waals surface area contributed by atoms with Crippen LogP contribution >= 0.6 is 0 Å². The third-order valence-corrected chi connectivity index (χ3v) is 4.24. The van der Waals surface area contributed by atoms with Gasteiger partial charge < -0.3 is 14.4 Å². The lowest BCUT2D eigenvalue weighted by Crippen LogP contribution is -2.36. The summed E-state index contributed by atoms with van der Waals surface area (Å²) in [7, 11) is 1.63. The standard InChI is InChI=1S/C19H19N3O2/c1-23-18-8-4-7-16(20-18)19-15-6-3-2-5-14(15)13-17(21-19)22-9-11-24-12-10-22/h2-8,13H,9-12H2,1H3. The van der Waals surface area contributed by atoms with Gasteiger partial charge in [0, 0.05) is 24.5 Å². The quantitative estimate of drug-likeness (QED) is 0.742. The number of rotatable bonds is 3. The Hall–Kier alpha value is -2.66. The van der Waals surface area contributed by atoms with Crippen LogP contribution in [0.5, 0.6) is 5.88 Å². The molecule has 5 nitrogen and oxygen atoms in total. The van der Waals surface area contributed by atoms with Gasteiger partial charge in [-0.3, -0.25) is 0 Å². The number of nitrogens with zero attached hydrogens (tertiary/aromatic N) is 3. The molecule has 3 aromatic rings. The van der Waals surface area contributed by atoms with Crippen LogP contribution in [0.2, 0.25) is 0 Å². The molecule has 0 N–H and O–H groups in total. The minimum absolute atomic E-state index is 0.593. The molecule has 1 fully saturated rings. The van der Waals surface area contributed by atoms with Crippen LogP contribution in [0.15, 0.2) is 48.5 Å². The highest BCUT2D eigenvalue weighted by atomic mass is 16.5. The minimum Gasteiger partial charge on any atom is -0.481 e. The maximum absolute atomic E-state index is 5.46. The van der Waals surface area contributed by atoms with Gasteiger partial charge in [-0.05, 0) is 17.5 Å². The Bertz CT molecular complexity index is 860. The summed E-state index contributed by atoms with van der Waals surface area (Å²) >= 11 is 0. The van der Waals surface area contributed by atoms with E-state index in [1.165, 1.54) is 0 Å². The van der Waals surface area contributed by atoms with Crippen molar-refractivity contribution in [2.24, 2.45) is 0 Å². The zero-order valence-electron chi connectivity index (χ0n) is 13.6. The van der Waals surface area contributed by atoms with Crippen molar-refractivity contribution in [3.05, 3.63) is 48.5 Å². The number of ether oxygens (including phenoxy) is 2. The highest BCUT2D eigenvalue weighted by Gasteiger charge is 2.16. The van der Waals surface area contributed by atoms with Gasteiger partial charge in [0.15, 0.2) is 0 Å². The van der Waals surface area contributed by atoms with Crippen LogP contribution in [0.1, 0.15) is 0 Å². The number of hydrogen-bond donors (Lipinski definition) is 0. The van der Waals surface area contributed by atoms with Crippen LogP contribution in [0, 0.1) is 0 Å². The van der Waals surface area contributed by atoms with Crippen LogP contribution < -0.4 is 9.64 Å². The van der Waals surface area contributed by atoms with Gasteiger partial charge in [0.25, 0.3) is 0 Å². The molecule has 1 aliphatic heterocycles. The van der Waals surface area contributed by atoms with E-state index < -0.39 is 0 Å². The van der Waals surface area contributed by atoms with Gasteiger partial charge >= 0.3 is 0 Å². The Morgan fingerprint density at radius 3 is 2.67 bits per heavy atom. The van der Waals surface area contributed by atoms with E-state index >= 15 is 0 Å².